The maximum Gasteiger partial charge on any atom is 0.305 e. The first-order valence-corrected chi connectivity index (χ1v) is 10.9. The highest BCUT2D eigenvalue weighted by atomic mass is 35.6. The third-order valence-corrected chi connectivity index (χ3v) is 4.25. The molecule has 0 amide bonds. The second kappa shape index (κ2) is 16.9. The van der Waals surface area contributed by atoms with Crippen molar-refractivity contribution >= 4 is 46.7 Å². The number of carbonyl (C=O) groups is 2. The Hall–Kier alpha value is -0.190. The monoisotopic (exact) mass is 430 g/mol. The molecule has 0 radical (unpaired) electrons. The number of hydrogen-bond acceptors (Lipinski definition) is 4. The average molecular weight is 432 g/mol. The van der Waals surface area contributed by atoms with Crippen LogP contribution in [0.15, 0.2) is 0 Å². The van der Waals surface area contributed by atoms with Gasteiger partial charge in [-0.05, 0) is 12.8 Å². The fraction of sp³-hybridized carbons (Fsp3) is 0.895. The summed E-state index contributed by atoms with van der Waals surface area (Å²) in [5.41, 5.74) is 0. The Morgan fingerprint density at radius 2 is 1.15 bits per heavy atom. The topological polar surface area (TPSA) is 52.6 Å². The second-order valence-corrected chi connectivity index (χ2v) is 9.05. The lowest BCUT2D eigenvalue weighted by molar-refractivity contribution is -0.145. The Morgan fingerprint density at radius 3 is 1.65 bits per heavy atom. The molecular formula is C19H33Cl3O4. The van der Waals surface area contributed by atoms with Gasteiger partial charge in [0.15, 0.2) is 0 Å². The molecule has 0 aliphatic rings. The third-order valence-electron chi connectivity index (χ3n) is 3.92. The predicted octanol–water partition coefficient (Wildman–Crippen LogP) is 6.53. The minimum atomic E-state index is -1.61. The molecule has 0 aromatic carbocycles. The van der Waals surface area contributed by atoms with Gasteiger partial charge in [0.1, 0.15) is 6.61 Å². The zero-order chi connectivity index (χ0) is 19.7. The van der Waals surface area contributed by atoms with Crippen LogP contribution in [0.4, 0.5) is 0 Å². The molecular weight excluding hydrogens is 399 g/mol. The number of esters is 2. The Balaban J connectivity index is 3.35. The van der Waals surface area contributed by atoms with Gasteiger partial charge in [-0.2, -0.15) is 0 Å². The molecule has 0 saturated carbocycles. The van der Waals surface area contributed by atoms with E-state index in [1.54, 1.807) is 0 Å². The molecule has 7 heteroatoms. The molecule has 0 atom stereocenters. The Kier molecular flexibility index (Phi) is 16.8. The second-order valence-electron chi connectivity index (χ2n) is 6.53. The van der Waals surface area contributed by atoms with Crippen molar-refractivity contribution in [1.29, 1.82) is 0 Å². The van der Waals surface area contributed by atoms with Gasteiger partial charge in [0.05, 0.1) is 6.61 Å². The number of unbranched alkanes of at least 4 members (excludes halogenated alkanes) is 9. The highest BCUT2D eigenvalue weighted by Crippen LogP contribution is 2.26. The smallest absolute Gasteiger partial charge is 0.305 e. The van der Waals surface area contributed by atoms with Gasteiger partial charge in [0, 0.05) is 12.8 Å². The largest absolute Gasteiger partial charge is 0.466 e. The highest BCUT2D eigenvalue weighted by Gasteiger charge is 2.22. The molecule has 0 unspecified atom stereocenters. The van der Waals surface area contributed by atoms with E-state index < -0.39 is 9.76 Å². The van der Waals surface area contributed by atoms with E-state index in [1.165, 1.54) is 51.4 Å². The van der Waals surface area contributed by atoms with Gasteiger partial charge in [0.25, 0.3) is 0 Å². The van der Waals surface area contributed by atoms with E-state index >= 15 is 0 Å². The first-order valence-electron chi connectivity index (χ1n) is 9.73. The molecule has 154 valence electrons. The Morgan fingerprint density at radius 1 is 0.692 bits per heavy atom. The number of rotatable bonds is 16. The quantitative estimate of drug-likeness (QED) is 0.158. The van der Waals surface area contributed by atoms with Gasteiger partial charge in [-0.3, -0.25) is 9.59 Å². The minimum Gasteiger partial charge on any atom is -0.466 e. The molecule has 4 nitrogen and oxygen atoms in total. The SMILES string of the molecule is CCCCCCCCCCCCOC(=O)CCCC(=O)OCC(Cl)(Cl)Cl. The van der Waals surface area contributed by atoms with Crippen molar-refractivity contribution in [2.45, 2.75) is 94.2 Å². The standard InChI is InChI=1S/C19H33Cl3O4/c1-2-3-4-5-6-7-8-9-10-11-15-25-17(23)13-12-14-18(24)26-16-19(20,21)22/h2-16H2,1H3. The van der Waals surface area contributed by atoms with Crippen LogP contribution in [0, 0.1) is 0 Å². The van der Waals surface area contributed by atoms with Gasteiger partial charge < -0.3 is 9.47 Å². The summed E-state index contributed by atoms with van der Waals surface area (Å²) in [7, 11) is 0. The fourth-order valence-electron chi connectivity index (χ4n) is 2.46. The van der Waals surface area contributed by atoms with Crippen LogP contribution >= 0.6 is 34.8 Å². The number of alkyl halides is 3. The van der Waals surface area contributed by atoms with Crippen LogP contribution in [-0.4, -0.2) is 28.9 Å². The van der Waals surface area contributed by atoms with Crippen molar-refractivity contribution in [2.75, 3.05) is 13.2 Å². The summed E-state index contributed by atoms with van der Waals surface area (Å²) in [6.45, 7) is 2.39. The summed E-state index contributed by atoms with van der Waals surface area (Å²) in [5, 5.41) is 0. The Bertz CT molecular complexity index is 370. The Labute approximate surface area is 173 Å². The first kappa shape index (κ1) is 25.8. The van der Waals surface area contributed by atoms with Crippen molar-refractivity contribution in [3.8, 4) is 0 Å². The number of carbonyl (C=O) groups excluding carboxylic acids is 2. The normalized spacial score (nSPS) is 11.4. The average Bonchev–Trinajstić information content (AvgIpc) is 2.57. The maximum atomic E-state index is 11.6. The minimum absolute atomic E-state index is 0.105. The molecule has 0 fully saturated rings. The number of halogens is 3. The van der Waals surface area contributed by atoms with E-state index in [-0.39, 0.29) is 25.4 Å². The molecule has 0 aromatic rings. The van der Waals surface area contributed by atoms with Crippen LogP contribution in [-0.2, 0) is 19.1 Å². The van der Waals surface area contributed by atoms with E-state index in [0.29, 0.717) is 13.0 Å². The number of hydrogen-bond donors (Lipinski definition) is 0. The van der Waals surface area contributed by atoms with Crippen molar-refractivity contribution in [2.24, 2.45) is 0 Å². The molecule has 0 heterocycles. The van der Waals surface area contributed by atoms with Crippen molar-refractivity contribution in [3.05, 3.63) is 0 Å². The van der Waals surface area contributed by atoms with Crippen LogP contribution in [0.25, 0.3) is 0 Å². The van der Waals surface area contributed by atoms with Gasteiger partial charge in [-0.15, -0.1) is 0 Å². The third kappa shape index (κ3) is 20.1. The lowest BCUT2D eigenvalue weighted by Gasteiger charge is -2.11. The van der Waals surface area contributed by atoms with E-state index in [1.807, 2.05) is 0 Å². The highest BCUT2D eigenvalue weighted by molar-refractivity contribution is 6.67. The summed E-state index contributed by atoms with van der Waals surface area (Å²) < 4.78 is 8.32. The van der Waals surface area contributed by atoms with Gasteiger partial charge in [0.2, 0.25) is 3.79 Å². The van der Waals surface area contributed by atoms with Gasteiger partial charge in [-0.1, -0.05) is 99.5 Å². The molecule has 26 heavy (non-hydrogen) atoms. The molecule has 0 saturated heterocycles. The molecule has 0 aliphatic carbocycles. The zero-order valence-electron chi connectivity index (χ0n) is 15.9. The summed E-state index contributed by atoms with van der Waals surface area (Å²) in [4.78, 5) is 22.9. The fourth-order valence-corrected chi connectivity index (χ4v) is 2.62. The number of ether oxygens (including phenoxy) is 2. The van der Waals surface area contributed by atoms with E-state index in [2.05, 4.69) is 6.92 Å². The first-order chi connectivity index (χ1) is 12.3. The van der Waals surface area contributed by atoms with Crippen LogP contribution in [0.1, 0.15) is 90.4 Å². The van der Waals surface area contributed by atoms with Gasteiger partial charge >= 0.3 is 11.9 Å². The van der Waals surface area contributed by atoms with Gasteiger partial charge in [-0.25, -0.2) is 0 Å². The molecule has 0 spiro atoms. The van der Waals surface area contributed by atoms with Crippen LogP contribution in [0.2, 0.25) is 0 Å². The summed E-state index contributed by atoms with van der Waals surface area (Å²) in [6, 6.07) is 0. The van der Waals surface area contributed by atoms with Crippen molar-refractivity contribution < 1.29 is 19.1 Å². The summed E-state index contributed by atoms with van der Waals surface area (Å²) >= 11 is 16.4. The maximum absolute atomic E-state index is 11.6. The lowest BCUT2D eigenvalue weighted by Crippen LogP contribution is -2.17. The van der Waals surface area contributed by atoms with E-state index in [9.17, 15) is 9.59 Å². The molecule has 0 bridgehead atoms. The zero-order valence-corrected chi connectivity index (χ0v) is 18.1. The molecule has 0 rings (SSSR count). The summed E-state index contributed by atoms with van der Waals surface area (Å²) in [5.74, 6) is -0.770. The van der Waals surface area contributed by atoms with Crippen molar-refractivity contribution in [3.63, 3.8) is 0 Å². The predicted molar refractivity (Wildman–Crippen MR) is 108 cm³/mol. The van der Waals surface area contributed by atoms with Crippen LogP contribution < -0.4 is 0 Å². The van der Waals surface area contributed by atoms with Crippen molar-refractivity contribution in [1.82, 2.24) is 0 Å². The van der Waals surface area contributed by atoms with E-state index in [4.69, 9.17) is 44.3 Å². The van der Waals surface area contributed by atoms with Crippen LogP contribution in [0.5, 0.6) is 0 Å². The molecule has 0 N–H and O–H groups in total. The molecule has 0 aliphatic heterocycles. The summed E-state index contributed by atoms with van der Waals surface area (Å²) in [6.07, 6.45) is 13.1. The molecule has 0 aromatic heterocycles. The lowest BCUT2D eigenvalue weighted by atomic mass is 10.1. The van der Waals surface area contributed by atoms with Crippen LogP contribution in [0.3, 0.4) is 0 Å². The van der Waals surface area contributed by atoms with E-state index in [0.717, 1.165) is 12.8 Å².